The molecule has 0 aliphatic rings. The fraction of sp³-hybridized carbons (Fsp3) is 0.100. The SMILES string of the molecule is COc1ccc(-c2nc(C#N)c(-c3nn[nH]n3)nc2-c2ccc(OC)cc2)cc1. The Morgan fingerprint density at radius 1 is 0.793 bits per heavy atom. The number of rotatable bonds is 5. The number of nitrogens with zero attached hydrogens (tertiary/aromatic N) is 6. The molecule has 142 valence electrons. The van der Waals surface area contributed by atoms with Crippen LogP contribution in [0.3, 0.4) is 0 Å². The Morgan fingerprint density at radius 2 is 1.34 bits per heavy atom. The summed E-state index contributed by atoms with van der Waals surface area (Å²) >= 11 is 0. The van der Waals surface area contributed by atoms with E-state index in [9.17, 15) is 5.26 Å². The number of nitriles is 1. The molecule has 0 spiro atoms. The van der Waals surface area contributed by atoms with Crippen LogP contribution in [0.4, 0.5) is 0 Å². The van der Waals surface area contributed by atoms with E-state index in [1.807, 2.05) is 48.5 Å². The van der Waals surface area contributed by atoms with Gasteiger partial charge in [-0.1, -0.05) is 0 Å². The zero-order chi connectivity index (χ0) is 20.2. The highest BCUT2D eigenvalue weighted by Crippen LogP contribution is 2.33. The zero-order valence-corrected chi connectivity index (χ0v) is 15.6. The van der Waals surface area contributed by atoms with Crippen molar-refractivity contribution < 1.29 is 9.47 Å². The van der Waals surface area contributed by atoms with E-state index in [4.69, 9.17) is 9.47 Å². The van der Waals surface area contributed by atoms with Crippen molar-refractivity contribution in [3.63, 3.8) is 0 Å². The number of ether oxygens (including phenoxy) is 2. The van der Waals surface area contributed by atoms with Crippen molar-refractivity contribution >= 4 is 0 Å². The second-order valence-corrected chi connectivity index (χ2v) is 5.92. The van der Waals surface area contributed by atoms with Crippen LogP contribution in [-0.4, -0.2) is 44.8 Å². The van der Waals surface area contributed by atoms with E-state index in [1.54, 1.807) is 14.2 Å². The van der Waals surface area contributed by atoms with Gasteiger partial charge in [-0.3, -0.25) is 0 Å². The maximum absolute atomic E-state index is 9.63. The molecule has 0 atom stereocenters. The molecule has 0 saturated carbocycles. The lowest BCUT2D eigenvalue weighted by atomic mass is 10.0. The first-order valence-corrected chi connectivity index (χ1v) is 8.58. The van der Waals surface area contributed by atoms with E-state index in [0.29, 0.717) is 11.4 Å². The van der Waals surface area contributed by atoms with Gasteiger partial charge in [0.1, 0.15) is 23.3 Å². The van der Waals surface area contributed by atoms with Crippen LogP contribution in [0.15, 0.2) is 48.5 Å². The molecule has 4 rings (SSSR count). The van der Waals surface area contributed by atoms with Gasteiger partial charge in [-0.15, -0.1) is 10.2 Å². The van der Waals surface area contributed by atoms with Gasteiger partial charge in [0.25, 0.3) is 0 Å². The number of hydrogen-bond donors (Lipinski definition) is 1. The number of nitrogens with one attached hydrogen (secondary N) is 1. The van der Waals surface area contributed by atoms with E-state index >= 15 is 0 Å². The van der Waals surface area contributed by atoms with E-state index in [1.165, 1.54) is 0 Å². The monoisotopic (exact) mass is 385 g/mol. The van der Waals surface area contributed by atoms with Crippen LogP contribution in [0, 0.1) is 11.3 Å². The number of tetrazole rings is 1. The van der Waals surface area contributed by atoms with E-state index in [2.05, 4.69) is 36.7 Å². The highest BCUT2D eigenvalue weighted by molar-refractivity contribution is 5.80. The molecule has 4 aromatic rings. The number of hydrogen-bond acceptors (Lipinski definition) is 8. The highest BCUT2D eigenvalue weighted by atomic mass is 16.5. The summed E-state index contributed by atoms with van der Waals surface area (Å²) in [7, 11) is 3.21. The maximum Gasteiger partial charge on any atom is 0.225 e. The molecule has 0 unspecified atom stereocenters. The Hall–Kier alpha value is -4.32. The van der Waals surface area contributed by atoms with E-state index in [-0.39, 0.29) is 17.2 Å². The largest absolute Gasteiger partial charge is 0.497 e. The number of benzene rings is 2. The molecule has 9 nitrogen and oxygen atoms in total. The highest BCUT2D eigenvalue weighted by Gasteiger charge is 2.20. The van der Waals surface area contributed by atoms with Gasteiger partial charge in [0.05, 0.1) is 25.6 Å². The third-order valence-electron chi connectivity index (χ3n) is 4.29. The standard InChI is InChI=1S/C20H15N7O2/c1-28-14-7-3-12(4-8-14)17-18(13-5-9-15(29-2)10-6-13)23-19(16(11-21)22-17)20-24-26-27-25-20/h3-10H,1-2H3,(H,24,25,26,27). The van der Waals surface area contributed by atoms with Crippen LogP contribution >= 0.6 is 0 Å². The summed E-state index contributed by atoms with van der Waals surface area (Å²) in [5, 5.41) is 23.4. The van der Waals surface area contributed by atoms with Crippen molar-refractivity contribution in [2.75, 3.05) is 14.2 Å². The molecule has 2 aromatic carbocycles. The summed E-state index contributed by atoms with van der Waals surface area (Å²) in [5.41, 5.74) is 3.09. The fourth-order valence-corrected chi connectivity index (χ4v) is 2.83. The van der Waals surface area contributed by atoms with Crippen molar-refractivity contribution in [1.29, 1.82) is 5.26 Å². The third-order valence-corrected chi connectivity index (χ3v) is 4.29. The number of aromatic amines is 1. The lowest BCUT2D eigenvalue weighted by molar-refractivity contribution is 0.414. The van der Waals surface area contributed by atoms with Gasteiger partial charge in [-0.25, -0.2) is 9.97 Å². The summed E-state index contributed by atoms with van der Waals surface area (Å²) < 4.78 is 10.5. The van der Waals surface area contributed by atoms with Gasteiger partial charge >= 0.3 is 0 Å². The van der Waals surface area contributed by atoms with Crippen molar-refractivity contribution in [3.8, 4) is 51.6 Å². The number of methoxy groups -OCH3 is 2. The molecule has 29 heavy (non-hydrogen) atoms. The van der Waals surface area contributed by atoms with Crippen LogP contribution in [0.2, 0.25) is 0 Å². The summed E-state index contributed by atoms with van der Waals surface area (Å²) in [5.74, 6) is 1.64. The molecular weight excluding hydrogens is 370 g/mol. The van der Waals surface area contributed by atoms with Crippen molar-refractivity contribution in [3.05, 3.63) is 54.2 Å². The molecular formula is C20H15N7O2. The summed E-state index contributed by atoms with van der Waals surface area (Å²) in [6.07, 6.45) is 0. The Labute approximate surface area is 166 Å². The first-order chi connectivity index (χ1) is 14.2. The Balaban J connectivity index is 1.95. The minimum atomic E-state index is 0.106. The third kappa shape index (κ3) is 3.46. The lowest BCUT2D eigenvalue weighted by Crippen LogP contribution is -2.02. The topological polar surface area (TPSA) is 122 Å². The van der Waals surface area contributed by atoms with Crippen LogP contribution in [-0.2, 0) is 0 Å². The molecule has 0 bridgehead atoms. The minimum Gasteiger partial charge on any atom is -0.497 e. The molecule has 9 heteroatoms. The molecule has 0 radical (unpaired) electrons. The normalized spacial score (nSPS) is 10.4. The van der Waals surface area contributed by atoms with Crippen LogP contribution in [0.1, 0.15) is 5.69 Å². The van der Waals surface area contributed by atoms with Gasteiger partial charge in [-0.2, -0.15) is 10.5 Å². The van der Waals surface area contributed by atoms with Gasteiger partial charge in [0.2, 0.25) is 5.82 Å². The Morgan fingerprint density at radius 3 is 1.79 bits per heavy atom. The van der Waals surface area contributed by atoms with Crippen LogP contribution in [0.25, 0.3) is 34.0 Å². The molecule has 0 aliphatic heterocycles. The molecule has 0 aliphatic carbocycles. The Kier molecular flexibility index (Phi) is 4.82. The Bertz CT molecular complexity index is 1170. The smallest absolute Gasteiger partial charge is 0.225 e. The fourth-order valence-electron chi connectivity index (χ4n) is 2.83. The maximum atomic E-state index is 9.63. The molecule has 1 N–H and O–H groups in total. The summed E-state index contributed by atoms with van der Waals surface area (Å²) in [6.45, 7) is 0. The van der Waals surface area contributed by atoms with Gasteiger partial charge in [0, 0.05) is 11.1 Å². The average Bonchev–Trinajstić information content (AvgIpc) is 3.33. The zero-order valence-electron chi connectivity index (χ0n) is 15.6. The van der Waals surface area contributed by atoms with Crippen molar-refractivity contribution in [1.82, 2.24) is 30.6 Å². The summed E-state index contributed by atoms with van der Waals surface area (Å²) in [4.78, 5) is 9.26. The van der Waals surface area contributed by atoms with Crippen LogP contribution in [0.5, 0.6) is 11.5 Å². The molecule has 0 fully saturated rings. The molecule has 2 heterocycles. The van der Waals surface area contributed by atoms with Crippen molar-refractivity contribution in [2.24, 2.45) is 0 Å². The number of H-pyrrole nitrogens is 1. The van der Waals surface area contributed by atoms with E-state index in [0.717, 1.165) is 22.6 Å². The predicted octanol–water partition coefficient (Wildman–Crippen LogP) is 2.88. The second-order valence-electron chi connectivity index (χ2n) is 5.92. The second kappa shape index (κ2) is 7.74. The van der Waals surface area contributed by atoms with Gasteiger partial charge in [-0.05, 0) is 53.7 Å². The summed E-state index contributed by atoms with van der Waals surface area (Å²) in [6, 6.07) is 16.9. The molecule has 0 amide bonds. The molecule has 2 aromatic heterocycles. The lowest BCUT2D eigenvalue weighted by Gasteiger charge is -2.12. The first kappa shape index (κ1) is 18.1. The van der Waals surface area contributed by atoms with Crippen molar-refractivity contribution in [2.45, 2.75) is 0 Å². The predicted molar refractivity (Wildman–Crippen MR) is 104 cm³/mol. The van der Waals surface area contributed by atoms with Gasteiger partial charge in [0.15, 0.2) is 5.69 Å². The number of aromatic nitrogens is 6. The average molecular weight is 385 g/mol. The molecule has 0 saturated heterocycles. The minimum absolute atomic E-state index is 0.106. The first-order valence-electron chi connectivity index (χ1n) is 8.58. The van der Waals surface area contributed by atoms with Gasteiger partial charge < -0.3 is 9.47 Å². The van der Waals surface area contributed by atoms with Crippen LogP contribution < -0.4 is 9.47 Å². The van der Waals surface area contributed by atoms with E-state index < -0.39 is 0 Å². The quantitative estimate of drug-likeness (QED) is 0.556.